The van der Waals surface area contributed by atoms with Crippen LogP contribution in [-0.4, -0.2) is 43.3 Å². The minimum absolute atomic E-state index is 0.151. The first-order chi connectivity index (χ1) is 16.6. The summed E-state index contributed by atoms with van der Waals surface area (Å²) < 4.78 is 9.07. The number of thioether (sulfide) groups is 1. The Morgan fingerprint density at radius 2 is 1.97 bits per heavy atom. The second-order valence-electron chi connectivity index (χ2n) is 7.21. The number of ether oxygens (including phenoxy) is 1. The summed E-state index contributed by atoms with van der Waals surface area (Å²) in [5, 5.41) is 17.1. The fourth-order valence-electron chi connectivity index (χ4n) is 3.38. The molecule has 2 aromatic heterocycles. The number of halogens is 1. The number of hydrogen-bond donors (Lipinski definition) is 1. The van der Waals surface area contributed by atoms with Crippen LogP contribution in [0.1, 0.15) is 5.56 Å². The van der Waals surface area contributed by atoms with Crippen molar-refractivity contribution in [3.63, 3.8) is 0 Å². The Morgan fingerprint density at radius 3 is 2.76 bits per heavy atom. The van der Waals surface area contributed by atoms with E-state index >= 15 is 0 Å². The van der Waals surface area contributed by atoms with E-state index in [-0.39, 0.29) is 11.7 Å². The number of carbonyl (C=O) groups excluding carboxylic acids is 1. The van der Waals surface area contributed by atoms with Crippen molar-refractivity contribution in [3.05, 3.63) is 84.0 Å². The van der Waals surface area contributed by atoms with Gasteiger partial charge >= 0.3 is 0 Å². The molecule has 0 unspecified atom stereocenters. The molecule has 2 heterocycles. The number of allylic oxidation sites excluding steroid dienone is 1. The Bertz CT molecular complexity index is 1300. The van der Waals surface area contributed by atoms with E-state index in [0.29, 0.717) is 40.7 Å². The predicted octanol–water partition coefficient (Wildman–Crippen LogP) is 4.77. The van der Waals surface area contributed by atoms with Gasteiger partial charge in [-0.05, 0) is 23.8 Å². The maximum Gasteiger partial charge on any atom is 0.235 e. The van der Waals surface area contributed by atoms with Gasteiger partial charge in [-0.25, -0.2) is 4.68 Å². The molecule has 34 heavy (non-hydrogen) atoms. The first-order valence-corrected chi connectivity index (χ1v) is 11.8. The maximum atomic E-state index is 12.7. The van der Waals surface area contributed by atoms with Crippen LogP contribution >= 0.6 is 23.4 Å². The standard InChI is InChI=1S/C24H23ClN6O2S/c1-3-14-30-23(18-9-5-7-11-20(18)33-2)28-29-24(30)34-16-22(32)27-21-12-13-26-31(21)15-17-8-4-6-10-19(17)25/h3-13H,1,14-16H2,2H3,(H,27,32). The van der Waals surface area contributed by atoms with Gasteiger partial charge in [-0.3, -0.25) is 9.36 Å². The van der Waals surface area contributed by atoms with Crippen LogP contribution < -0.4 is 10.1 Å². The van der Waals surface area contributed by atoms with Crippen LogP contribution in [0, 0.1) is 0 Å². The molecule has 0 aliphatic rings. The summed E-state index contributed by atoms with van der Waals surface area (Å²) in [5.74, 6) is 1.91. The number of rotatable bonds is 10. The largest absolute Gasteiger partial charge is 0.496 e. The number of carbonyl (C=O) groups is 1. The van der Waals surface area contributed by atoms with Gasteiger partial charge in [0.05, 0.1) is 31.2 Å². The highest BCUT2D eigenvalue weighted by atomic mass is 35.5. The van der Waals surface area contributed by atoms with Gasteiger partial charge in [0, 0.05) is 17.6 Å². The van der Waals surface area contributed by atoms with Crippen LogP contribution in [0.25, 0.3) is 11.4 Å². The van der Waals surface area contributed by atoms with E-state index in [1.165, 1.54) is 11.8 Å². The highest BCUT2D eigenvalue weighted by molar-refractivity contribution is 7.99. The number of hydrogen-bond acceptors (Lipinski definition) is 6. The zero-order valence-corrected chi connectivity index (χ0v) is 20.1. The molecule has 0 atom stereocenters. The smallest absolute Gasteiger partial charge is 0.235 e. The quantitative estimate of drug-likeness (QED) is 0.252. The zero-order valence-electron chi connectivity index (χ0n) is 18.5. The van der Waals surface area contributed by atoms with Gasteiger partial charge in [0.15, 0.2) is 11.0 Å². The van der Waals surface area contributed by atoms with E-state index in [4.69, 9.17) is 16.3 Å². The second-order valence-corrected chi connectivity index (χ2v) is 8.56. The number of amides is 1. The van der Waals surface area contributed by atoms with Crippen LogP contribution in [0.3, 0.4) is 0 Å². The predicted molar refractivity (Wildman–Crippen MR) is 134 cm³/mol. The van der Waals surface area contributed by atoms with Crippen LogP contribution in [0.15, 0.2) is 78.6 Å². The van der Waals surface area contributed by atoms with Crippen molar-refractivity contribution in [2.75, 3.05) is 18.2 Å². The van der Waals surface area contributed by atoms with Gasteiger partial charge < -0.3 is 10.1 Å². The molecule has 0 fully saturated rings. The summed E-state index contributed by atoms with van der Waals surface area (Å²) in [7, 11) is 1.61. The van der Waals surface area contributed by atoms with E-state index in [9.17, 15) is 4.79 Å². The van der Waals surface area contributed by atoms with E-state index < -0.39 is 0 Å². The lowest BCUT2D eigenvalue weighted by Gasteiger charge is -2.11. The molecule has 0 saturated heterocycles. The van der Waals surface area contributed by atoms with Crippen molar-refractivity contribution >= 4 is 35.1 Å². The summed E-state index contributed by atoms with van der Waals surface area (Å²) in [5.41, 5.74) is 1.73. The van der Waals surface area contributed by atoms with E-state index in [2.05, 4.69) is 27.2 Å². The van der Waals surface area contributed by atoms with E-state index in [1.807, 2.05) is 53.1 Å². The number of methoxy groups -OCH3 is 1. The Hall–Kier alpha value is -3.56. The van der Waals surface area contributed by atoms with E-state index in [1.54, 1.807) is 30.1 Å². The van der Waals surface area contributed by atoms with Crippen molar-refractivity contribution in [1.82, 2.24) is 24.5 Å². The Kier molecular flexibility index (Phi) is 7.66. The van der Waals surface area contributed by atoms with Crippen molar-refractivity contribution in [2.45, 2.75) is 18.2 Å². The topological polar surface area (TPSA) is 86.9 Å². The third kappa shape index (κ3) is 5.32. The van der Waals surface area contributed by atoms with Crippen LogP contribution in [0.4, 0.5) is 5.82 Å². The molecule has 174 valence electrons. The number of benzene rings is 2. The van der Waals surface area contributed by atoms with Crippen molar-refractivity contribution < 1.29 is 9.53 Å². The monoisotopic (exact) mass is 494 g/mol. The molecular weight excluding hydrogens is 472 g/mol. The lowest BCUT2D eigenvalue weighted by atomic mass is 10.2. The molecule has 0 saturated carbocycles. The van der Waals surface area contributed by atoms with Gasteiger partial charge in [0.25, 0.3) is 0 Å². The molecule has 0 aliphatic heterocycles. The molecule has 1 N–H and O–H groups in total. The van der Waals surface area contributed by atoms with Crippen LogP contribution in [-0.2, 0) is 17.9 Å². The minimum atomic E-state index is -0.182. The molecular formula is C24H23ClN6O2S. The summed E-state index contributed by atoms with van der Waals surface area (Å²) in [4.78, 5) is 12.7. The summed E-state index contributed by atoms with van der Waals surface area (Å²) in [6, 6.07) is 16.9. The highest BCUT2D eigenvalue weighted by Gasteiger charge is 2.18. The summed E-state index contributed by atoms with van der Waals surface area (Å²) >= 11 is 7.56. The van der Waals surface area contributed by atoms with Gasteiger partial charge in [0.2, 0.25) is 5.91 Å². The molecule has 4 aromatic rings. The Balaban J connectivity index is 1.45. The van der Waals surface area contributed by atoms with Crippen LogP contribution in [0.2, 0.25) is 5.02 Å². The van der Waals surface area contributed by atoms with Crippen LogP contribution in [0.5, 0.6) is 5.75 Å². The average molecular weight is 495 g/mol. The molecule has 1 amide bonds. The Morgan fingerprint density at radius 1 is 1.18 bits per heavy atom. The summed E-state index contributed by atoms with van der Waals surface area (Å²) in [6.07, 6.45) is 3.40. The minimum Gasteiger partial charge on any atom is -0.496 e. The van der Waals surface area contributed by atoms with Gasteiger partial charge in [-0.2, -0.15) is 5.10 Å². The molecule has 8 nitrogen and oxygen atoms in total. The van der Waals surface area contributed by atoms with Gasteiger partial charge in [0.1, 0.15) is 11.6 Å². The number of nitrogens with zero attached hydrogens (tertiary/aromatic N) is 5. The van der Waals surface area contributed by atoms with Crippen molar-refractivity contribution in [1.29, 1.82) is 0 Å². The molecule has 2 aromatic carbocycles. The number of para-hydroxylation sites is 1. The maximum absolute atomic E-state index is 12.7. The molecule has 10 heteroatoms. The highest BCUT2D eigenvalue weighted by Crippen LogP contribution is 2.31. The third-order valence-electron chi connectivity index (χ3n) is 4.97. The molecule has 0 radical (unpaired) electrons. The number of aromatic nitrogens is 5. The molecule has 0 bridgehead atoms. The van der Waals surface area contributed by atoms with Crippen molar-refractivity contribution in [3.8, 4) is 17.1 Å². The molecule has 0 spiro atoms. The fourth-order valence-corrected chi connectivity index (χ4v) is 4.32. The normalized spacial score (nSPS) is 10.8. The van der Waals surface area contributed by atoms with Gasteiger partial charge in [-0.1, -0.05) is 59.8 Å². The Labute approximate surface area is 206 Å². The zero-order chi connectivity index (χ0) is 23.9. The van der Waals surface area contributed by atoms with E-state index in [0.717, 1.165) is 11.1 Å². The first-order valence-electron chi connectivity index (χ1n) is 10.5. The first kappa shape index (κ1) is 23.6. The van der Waals surface area contributed by atoms with Gasteiger partial charge in [-0.15, -0.1) is 16.8 Å². The fraction of sp³-hybridized carbons (Fsp3) is 0.167. The summed E-state index contributed by atoms with van der Waals surface area (Å²) in [6.45, 7) is 4.78. The third-order valence-corrected chi connectivity index (χ3v) is 6.31. The number of anilines is 1. The molecule has 4 rings (SSSR count). The van der Waals surface area contributed by atoms with Crippen molar-refractivity contribution in [2.24, 2.45) is 0 Å². The molecule has 0 aliphatic carbocycles. The average Bonchev–Trinajstić information content (AvgIpc) is 3.46. The number of nitrogens with one attached hydrogen (secondary N) is 1. The lowest BCUT2D eigenvalue weighted by Crippen LogP contribution is -2.18. The second kappa shape index (κ2) is 11.0. The lowest BCUT2D eigenvalue weighted by molar-refractivity contribution is -0.113. The SMILES string of the molecule is C=CCn1c(SCC(=O)Nc2ccnn2Cc2ccccc2Cl)nnc1-c1ccccc1OC.